The highest BCUT2D eigenvalue weighted by molar-refractivity contribution is 5.95. The van der Waals surface area contributed by atoms with Crippen LogP contribution in [0.4, 0.5) is 0 Å². The minimum absolute atomic E-state index is 0.0359. The first-order valence-corrected chi connectivity index (χ1v) is 2.67. The lowest BCUT2D eigenvalue weighted by Crippen LogP contribution is -2.44. The number of nitrogens with one attached hydrogen (secondary N) is 1. The van der Waals surface area contributed by atoms with Crippen molar-refractivity contribution in [3.05, 3.63) is 0 Å². The van der Waals surface area contributed by atoms with Crippen molar-refractivity contribution in [3.63, 3.8) is 0 Å². The Morgan fingerprint density at radius 3 is 2.67 bits per heavy atom. The largest absolute Gasteiger partial charge is 0.383 e. The Labute approximate surface area is 51.9 Å². The molecule has 1 aliphatic rings. The minimum Gasteiger partial charge on any atom is -0.383 e. The van der Waals surface area contributed by atoms with Crippen LogP contribution in [0.2, 0.25) is 0 Å². The molecule has 1 saturated heterocycles. The van der Waals surface area contributed by atoms with Gasteiger partial charge in [0.25, 0.3) is 0 Å². The summed E-state index contributed by atoms with van der Waals surface area (Å²) in [6.45, 7) is 0.0654. The van der Waals surface area contributed by atoms with E-state index in [0.29, 0.717) is 0 Å². The summed E-state index contributed by atoms with van der Waals surface area (Å²) in [5.74, 6) is -0.572. The number of aliphatic hydroxyl groups is 1. The van der Waals surface area contributed by atoms with E-state index in [4.69, 9.17) is 5.11 Å². The number of aliphatic hydroxyl groups excluding tert-OH is 1. The van der Waals surface area contributed by atoms with Gasteiger partial charge in [0.2, 0.25) is 5.91 Å². The van der Waals surface area contributed by atoms with Gasteiger partial charge in [0.15, 0.2) is 5.78 Å². The first-order valence-electron chi connectivity index (χ1n) is 2.67. The van der Waals surface area contributed by atoms with Crippen molar-refractivity contribution >= 4 is 11.7 Å². The van der Waals surface area contributed by atoms with Gasteiger partial charge >= 0.3 is 0 Å². The first kappa shape index (κ1) is 6.22. The zero-order valence-corrected chi connectivity index (χ0v) is 4.76. The second kappa shape index (κ2) is 2.14. The molecule has 9 heavy (non-hydrogen) atoms. The van der Waals surface area contributed by atoms with Crippen LogP contribution in [0.15, 0.2) is 0 Å². The van der Waals surface area contributed by atoms with Gasteiger partial charge in [-0.05, 0) is 0 Å². The van der Waals surface area contributed by atoms with E-state index in [1.54, 1.807) is 0 Å². The quantitative estimate of drug-likeness (QED) is 0.415. The Kier molecular flexibility index (Phi) is 1.48. The lowest BCUT2D eigenvalue weighted by molar-refractivity contribution is -0.138. The smallest absolute Gasteiger partial charge is 0.249 e. The molecule has 0 saturated carbocycles. The van der Waals surface area contributed by atoms with E-state index in [2.05, 4.69) is 5.32 Å². The average Bonchev–Trinajstić information content (AvgIpc) is 1.80. The van der Waals surface area contributed by atoms with Crippen molar-refractivity contribution in [2.75, 3.05) is 6.54 Å². The molecular formula is C5H7NO3. The van der Waals surface area contributed by atoms with Gasteiger partial charge in [-0.15, -0.1) is 0 Å². The van der Waals surface area contributed by atoms with E-state index in [9.17, 15) is 9.59 Å². The molecule has 0 spiro atoms. The average molecular weight is 129 g/mol. The van der Waals surface area contributed by atoms with Gasteiger partial charge in [0, 0.05) is 6.42 Å². The molecule has 0 aromatic carbocycles. The van der Waals surface area contributed by atoms with Gasteiger partial charge < -0.3 is 10.4 Å². The monoisotopic (exact) mass is 129 g/mol. The Morgan fingerprint density at radius 2 is 2.22 bits per heavy atom. The maximum Gasteiger partial charge on any atom is 0.249 e. The SMILES string of the molecule is O=C1CNC(=O)C(O)C1. The van der Waals surface area contributed by atoms with Crippen LogP contribution in [0.1, 0.15) is 6.42 Å². The normalized spacial score (nSPS) is 27.9. The fourth-order valence-electron chi connectivity index (χ4n) is 0.684. The lowest BCUT2D eigenvalue weighted by atomic mass is 10.1. The predicted molar refractivity (Wildman–Crippen MR) is 28.6 cm³/mol. The molecule has 1 unspecified atom stereocenters. The molecule has 0 aromatic heterocycles. The molecule has 0 bridgehead atoms. The second-order valence-electron chi connectivity index (χ2n) is 1.98. The number of piperidine rings is 1. The summed E-state index contributed by atoms with van der Waals surface area (Å²) in [6.07, 6.45) is -1.16. The first-order chi connectivity index (χ1) is 4.20. The van der Waals surface area contributed by atoms with E-state index in [0.717, 1.165) is 0 Å². The Morgan fingerprint density at radius 1 is 1.56 bits per heavy atom. The van der Waals surface area contributed by atoms with Gasteiger partial charge in [-0.3, -0.25) is 9.59 Å². The molecule has 1 rings (SSSR count). The van der Waals surface area contributed by atoms with E-state index >= 15 is 0 Å². The third-order valence-electron chi connectivity index (χ3n) is 1.18. The second-order valence-corrected chi connectivity index (χ2v) is 1.98. The molecule has 2 N–H and O–H groups in total. The number of carbonyl (C=O) groups is 2. The molecule has 4 heteroatoms. The van der Waals surface area contributed by atoms with Crippen LogP contribution in [0, 0.1) is 0 Å². The molecule has 50 valence electrons. The summed E-state index contributed by atoms with van der Waals surface area (Å²) in [7, 11) is 0. The van der Waals surface area contributed by atoms with Crippen molar-refractivity contribution in [2.45, 2.75) is 12.5 Å². The summed E-state index contributed by atoms with van der Waals surface area (Å²) in [6, 6.07) is 0. The van der Waals surface area contributed by atoms with Gasteiger partial charge in [-0.2, -0.15) is 0 Å². The van der Waals surface area contributed by atoms with Crippen LogP contribution in [0.25, 0.3) is 0 Å². The number of amides is 1. The van der Waals surface area contributed by atoms with Gasteiger partial charge in [0.05, 0.1) is 6.54 Å². The fourth-order valence-corrected chi connectivity index (χ4v) is 0.684. The summed E-state index contributed by atoms with van der Waals surface area (Å²) in [4.78, 5) is 20.9. The molecule has 0 radical (unpaired) electrons. The number of rotatable bonds is 0. The van der Waals surface area contributed by atoms with E-state index in [-0.39, 0.29) is 18.7 Å². The molecule has 4 nitrogen and oxygen atoms in total. The van der Waals surface area contributed by atoms with E-state index < -0.39 is 12.0 Å². The number of carbonyl (C=O) groups excluding carboxylic acids is 2. The van der Waals surface area contributed by atoms with Crippen LogP contribution < -0.4 is 5.32 Å². The Hall–Kier alpha value is -0.900. The van der Waals surface area contributed by atoms with E-state index in [1.165, 1.54) is 0 Å². The number of hydrogen-bond donors (Lipinski definition) is 2. The van der Waals surface area contributed by atoms with Crippen LogP contribution in [-0.4, -0.2) is 29.4 Å². The van der Waals surface area contributed by atoms with Crippen LogP contribution in [-0.2, 0) is 9.59 Å². The zero-order valence-electron chi connectivity index (χ0n) is 4.76. The van der Waals surface area contributed by atoms with E-state index in [1.807, 2.05) is 0 Å². The predicted octanol–water partition coefficient (Wildman–Crippen LogP) is -1.56. The van der Waals surface area contributed by atoms with Crippen molar-refractivity contribution in [2.24, 2.45) is 0 Å². The molecular weight excluding hydrogens is 122 g/mol. The summed E-state index contributed by atoms with van der Waals surface area (Å²) in [5, 5.41) is 11.0. The molecule has 0 aliphatic carbocycles. The van der Waals surface area contributed by atoms with Crippen molar-refractivity contribution in [1.29, 1.82) is 0 Å². The number of Topliss-reactive ketones (excluding diaryl/α,β-unsaturated/α-hetero) is 1. The summed E-state index contributed by atoms with van der Waals surface area (Å²) in [5.41, 5.74) is 0. The lowest BCUT2D eigenvalue weighted by Gasteiger charge is -2.15. The molecule has 1 atom stereocenters. The zero-order chi connectivity index (χ0) is 6.85. The molecule has 1 amide bonds. The minimum atomic E-state index is -1.12. The Bertz CT molecular complexity index is 154. The van der Waals surface area contributed by atoms with Crippen molar-refractivity contribution in [3.8, 4) is 0 Å². The molecule has 0 aromatic rings. The summed E-state index contributed by atoms with van der Waals surface area (Å²) < 4.78 is 0. The number of ketones is 1. The van der Waals surface area contributed by atoms with Crippen molar-refractivity contribution < 1.29 is 14.7 Å². The maximum absolute atomic E-state index is 10.4. The highest BCUT2D eigenvalue weighted by Gasteiger charge is 2.23. The molecule has 1 heterocycles. The van der Waals surface area contributed by atoms with Crippen LogP contribution in [0.5, 0.6) is 0 Å². The van der Waals surface area contributed by atoms with Gasteiger partial charge in [0.1, 0.15) is 6.10 Å². The van der Waals surface area contributed by atoms with Gasteiger partial charge in [-0.1, -0.05) is 0 Å². The summed E-state index contributed by atoms with van der Waals surface area (Å²) >= 11 is 0. The van der Waals surface area contributed by atoms with Gasteiger partial charge in [-0.25, -0.2) is 0 Å². The maximum atomic E-state index is 10.4. The van der Waals surface area contributed by atoms with Crippen LogP contribution in [0.3, 0.4) is 0 Å². The third-order valence-corrected chi connectivity index (χ3v) is 1.18. The topological polar surface area (TPSA) is 66.4 Å². The third kappa shape index (κ3) is 1.26. The molecule has 1 aliphatic heterocycles. The standard InChI is InChI=1S/C5H7NO3/c7-3-1-4(8)5(9)6-2-3/h4,8H,1-2H2,(H,6,9). The molecule has 1 fully saturated rings. The van der Waals surface area contributed by atoms with Crippen LogP contribution >= 0.6 is 0 Å². The fraction of sp³-hybridized carbons (Fsp3) is 0.600. The van der Waals surface area contributed by atoms with Crippen molar-refractivity contribution in [1.82, 2.24) is 5.32 Å². The number of hydrogen-bond acceptors (Lipinski definition) is 3. The highest BCUT2D eigenvalue weighted by atomic mass is 16.3. The Balaban J connectivity index is 2.54. The highest BCUT2D eigenvalue weighted by Crippen LogP contribution is 1.97.